The Labute approximate surface area is 188 Å². The van der Waals surface area contributed by atoms with Crippen LogP contribution in [0, 0.1) is 11.6 Å². The monoisotopic (exact) mass is 464 g/mol. The Morgan fingerprint density at radius 2 is 2.03 bits per heavy atom. The van der Waals surface area contributed by atoms with E-state index in [1.807, 2.05) is 24.3 Å². The number of hydrogen-bond donors (Lipinski definition) is 1. The predicted molar refractivity (Wildman–Crippen MR) is 114 cm³/mol. The largest absolute Gasteiger partial charge is 0.412 e. The molecule has 164 valence electrons. The summed E-state index contributed by atoms with van der Waals surface area (Å²) in [6.45, 7) is 0.386. The van der Waals surface area contributed by atoms with Gasteiger partial charge in [-0.1, -0.05) is 12.1 Å². The summed E-state index contributed by atoms with van der Waals surface area (Å²) in [5, 5.41) is 8.44. The summed E-state index contributed by atoms with van der Waals surface area (Å²) < 4.78 is 33.4. The molecule has 1 N–H and O–H groups in total. The molecule has 3 aromatic heterocycles. The molecule has 0 saturated heterocycles. The van der Waals surface area contributed by atoms with Crippen LogP contribution < -0.4 is 0 Å². The van der Waals surface area contributed by atoms with Gasteiger partial charge in [0, 0.05) is 24.2 Å². The SMILES string of the molecule is O=C(c1nnc(-c2ccc(F)c(F)c2)o1)N1CCc2[nH]cnc2[C@H]1c1nc2ccccc2s1. The van der Waals surface area contributed by atoms with Crippen LogP contribution >= 0.6 is 11.3 Å². The number of H-pyrrole nitrogens is 1. The molecule has 1 aliphatic rings. The quantitative estimate of drug-likeness (QED) is 0.431. The number of imidazole rings is 1. The van der Waals surface area contributed by atoms with E-state index in [1.54, 1.807) is 11.2 Å². The van der Waals surface area contributed by atoms with Crippen LogP contribution in [-0.2, 0) is 6.42 Å². The summed E-state index contributed by atoms with van der Waals surface area (Å²) in [7, 11) is 0. The topological polar surface area (TPSA) is 101 Å². The molecule has 33 heavy (non-hydrogen) atoms. The lowest BCUT2D eigenvalue weighted by Crippen LogP contribution is -2.40. The number of nitrogens with one attached hydrogen (secondary N) is 1. The average molecular weight is 464 g/mol. The van der Waals surface area contributed by atoms with Crippen LogP contribution in [0.25, 0.3) is 21.7 Å². The molecule has 4 heterocycles. The number of halogens is 2. The van der Waals surface area contributed by atoms with Gasteiger partial charge in [0.1, 0.15) is 11.0 Å². The third kappa shape index (κ3) is 3.28. The second kappa shape index (κ2) is 7.55. The third-order valence-corrected chi connectivity index (χ3v) is 6.59. The zero-order valence-corrected chi connectivity index (χ0v) is 17.6. The maximum atomic E-state index is 13.6. The lowest BCUT2D eigenvalue weighted by atomic mass is 10.0. The molecule has 1 aliphatic heterocycles. The first-order valence-electron chi connectivity index (χ1n) is 10.1. The highest BCUT2D eigenvalue weighted by atomic mass is 32.1. The molecular formula is C22H14F2N6O2S. The van der Waals surface area contributed by atoms with Gasteiger partial charge in [-0.3, -0.25) is 4.79 Å². The third-order valence-electron chi connectivity index (χ3n) is 5.50. The molecule has 2 aromatic carbocycles. The van der Waals surface area contributed by atoms with Gasteiger partial charge < -0.3 is 14.3 Å². The fraction of sp³-hybridized carbons (Fsp3) is 0.136. The van der Waals surface area contributed by atoms with Gasteiger partial charge >= 0.3 is 11.8 Å². The zero-order chi connectivity index (χ0) is 22.5. The molecule has 11 heteroatoms. The maximum absolute atomic E-state index is 13.6. The van der Waals surface area contributed by atoms with Crippen molar-refractivity contribution in [1.29, 1.82) is 0 Å². The number of thiazole rings is 1. The number of hydrogen-bond acceptors (Lipinski definition) is 7. The molecule has 6 rings (SSSR count). The molecule has 1 amide bonds. The fourth-order valence-corrected chi connectivity index (χ4v) is 5.02. The molecule has 0 spiro atoms. The highest BCUT2D eigenvalue weighted by Crippen LogP contribution is 2.38. The number of amides is 1. The van der Waals surface area contributed by atoms with Crippen molar-refractivity contribution in [2.75, 3.05) is 6.54 Å². The van der Waals surface area contributed by atoms with Gasteiger partial charge in [0.05, 0.1) is 22.2 Å². The van der Waals surface area contributed by atoms with E-state index in [0.717, 1.165) is 33.1 Å². The Morgan fingerprint density at radius 3 is 2.88 bits per heavy atom. The van der Waals surface area contributed by atoms with Crippen LogP contribution in [0.1, 0.15) is 33.1 Å². The average Bonchev–Trinajstić information content (AvgIpc) is 3.58. The van der Waals surface area contributed by atoms with Gasteiger partial charge in [0.25, 0.3) is 0 Å². The number of benzene rings is 2. The van der Waals surface area contributed by atoms with E-state index in [2.05, 4.69) is 20.2 Å². The van der Waals surface area contributed by atoms with Gasteiger partial charge in [-0.25, -0.2) is 18.7 Å². The van der Waals surface area contributed by atoms with Crippen molar-refractivity contribution in [2.24, 2.45) is 0 Å². The Bertz CT molecular complexity index is 1480. The number of aromatic amines is 1. The minimum absolute atomic E-state index is 0.0775. The number of rotatable bonds is 3. The van der Waals surface area contributed by atoms with Crippen LogP contribution in [0.5, 0.6) is 0 Å². The van der Waals surface area contributed by atoms with Crippen molar-refractivity contribution in [1.82, 2.24) is 30.0 Å². The van der Waals surface area contributed by atoms with Gasteiger partial charge in [-0.05, 0) is 30.3 Å². The Balaban J connectivity index is 1.38. The minimum Gasteiger partial charge on any atom is -0.412 e. The molecule has 0 aliphatic carbocycles. The van der Waals surface area contributed by atoms with Crippen molar-refractivity contribution in [3.63, 3.8) is 0 Å². The summed E-state index contributed by atoms with van der Waals surface area (Å²) in [6.07, 6.45) is 2.18. The van der Waals surface area contributed by atoms with Gasteiger partial charge in [0.15, 0.2) is 11.6 Å². The summed E-state index contributed by atoms with van der Waals surface area (Å²) in [5.74, 6) is -2.85. The molecule has 0 unspecified atom stereocenters. The number of carbonyl (C=O) groups is 1. The zero-order valence-electron chi connectivity index (χ0n) is 16.8. The summed E-state index contributed by atoms with van der Waals surface area (Å²) >= 11 is 1.49. The van der Waals surface area contributed by atoms with E-state index in [-0.39, 0.29) is 17.3 Å². The second-order valence-electron chi connectivity index (χ2n) is 7.48. The van der Waals surface area contributed by atoms with Crippen LogP contribution in [0.2, 0.25) is 0 Å². The molecule has 5 aromatic rings. The fourth-order valence-electron chi connectivity index (χ4n) is 3.93. The lowest BCUT2D eigenvalue weighted by Gasteiger charge is -2.32. The first-order chi connectivity index (χ1) is 16.1. The van der Waals surface area contributed by atoms with Crippen LogP contribution in [0.3, 0.4) is 0 Å². The van der Waals surface area contributed by atoms with E-state index >= 15 is 0 Å². The van der Waals surface area contributed by atoms with Gasteiger partial charge in [-0.2, -0.15) is 0 Å². The Morgan fingerprint density at radius 1 is 1.15 bits per heavy atom. The first kappa shape index (κ1) is 19.7. The van der Waals surface area contributed by atoms with E-state index < -0.39 is 23.6 Å². The van der Waals surface area contributed by atoms with Crippen molar-refractivity contribution in [3.05, 3.63) is 82.7 Å². The molecule has 0 radical (unpaired) electrons. The predicted octanol–water partition coefficient (Wildman–Crippen LogP) is 4.14. The van der Waals surface area contributed by atoms with Gasteiger partial charge in [-0.15, -0.1) is 21.5 Å². The molecule has 0 saturated carbocycles. The second-order valence-corrected chi connectivity index (χ2v) is 8.54. The highest BCUT2D eigenvalue weighted by molar-refractivity contribution is 7.18. The molecule has 8 nitrogen and oxygen atoms in total. The number of para-hydroxylation sites is 1. The summed E-state index contributed by atoms with van der Waals surface area (Å²) in [4.78, 5) is 27.4. The van der Waals surface area contributed by atoms with Crippen LogP contribution in [0.15, 0.2) is 53.2 Å². The van der Waals surface area contributed by atoms with E-state index in [1.165, 1.54) is 17.4 Å². The lowest BCUT2D eigenvalue weighted by molar-refractivity contribution is 0.0650. The van der Waals surface area contributed by atoms with E-state index in [0.29, 0.717) is 18.7 Å². The van der Waals surface area contributed by atoms with E-state index in [4.69, 9.17) is 9.40 Å². The summed E-state index contributed by atoms with van der Waals surface area (Å²) in [6, 6.07) is 10.4. The van der Waals surface area contributed by atoms with E-state index in [9.17, 15) is 13.6 Å². The minimum atomic E-state index is -1.04. The Kier molecular flexibility index (Phi) is 4.50. The smallest absolute Gasteiger partial charge is 0.312 e. The number of carbonyl (C=O) groups excluding carboxylic acids is 1. The normalized spacial score (nSPS) is 15.7. The number of fused-ring (bicyclic) bond motifs is 2. The number of aromatic nitrogens is 5. The molecule has 0 bridgehead atoms. The first-order valence-corrected chi connectivity index (χ1v) is 10.9. The standard InChI is InChI=1S/C22H14F2N6O2S/c23-12-6-5-11(9-13(12)24)19-28-29-20(32-19)22(31)30-8-7-15-17(26-10-25-15)18(30)21-27-14-3-1-2-4-16(14)33-21/h1-6,9-10,18H,7-8H2,(H,25,26)/t18-/m0/s1. The van der Waals surface area contributed by atoms with Crippen molar-refractivity contribution >= 4 is 27.5 Å². The highest BCUT2D eigenvalue weighted by Gasteiger charge is 2.38. The molecule has 0 fully saturated rings. The summed E-state index contributed by atoms with van der Waals surface area (Å²) in [5.41, 5.74) is 2.67. The molecular weight excluding hydrogens is 450 g/mol. The van der Waals surface area contributed by atoms with Crippen LogP contribution in [0.4, 0.5) is 8.78 Å². The maximum Gasteiger partial charge on any atom is 0.312 e. The van der Waals surface area contributed by atoms with Crippen LogP contribution in [-0.4, -0.2) is 42.5 Å². The number of nitrogens with zero attached hydrogens (tertiary/aromatic N) is 5. The van der Waals surface area contributed by atoms with Crippen molar-refractivity contribution < 1.29 is 18.0 Å². The molecule has 1 atom stereocenters. The Hall–Kier alpha value is -3.99. The van der Waals surface area contributed by atoms with Gasteiger partial charge in [0.2, 0.25) is 5.89 Å². The van der Waals surface area contributed by atoms with Crippen molar-refractivity contribution in [3.8, 4) is 11.5 Å². The van der Waals surface area contributed by atoms with Crippen molar-refractivity contribution in [2.45, 2.75) is 12.5 Å².